The van der Waals surface area contributed by atoms with E-state index in [4.69, 9.17) is 0 Å². The van der Waals surface area contributed by atoms with Crippen molar-refractivity contribution in [1.82, 2.24) is 10.6 Å². The Labute approximate surface area is 112 Å². The van der Waals surface area contributed by atoms with Crippen molar-refractivity contribution in [1.29, 1.82) is 0 Å². The maximum Gasteiger partial charge on any atom is 0.239 e. The van der Waals surface area contributed by atoms with E-state index >= 15 is 0 Å². The molecule has 1 unspecified atom stereocenters. The number of hydrogen-bond donors (Lipinski definition) is 2. The molecule has 3 nitrogen and oxygen atoms in total. The van der Waals surface area contributed by atoms with Crippen LogP contribution in [0.1, 0.15) is 26.3 Å². The summed E-state index contributed by atoms with van der Waals surface area (Å²) in [5, 5.41) is 5.61. The van der Waals surface area contributed by atoms with Gasteiger partial charge in [0, 0.05) is 11.6 Å². The molecule has 0 aliphatic heterocycles. The van der Waals surface area contributed by atoms with Crippen LogP contribution in [0.5, 0.6) is 0 Å². The van der Waals surface area contributed by atoms with Gasteiger partial charge in [0.2, 0.25) is 5.91 Å². The molecule has 5 heteroatoms. The summed E-state index contributed by atoms with van der Waals surface area (Å²) >= 11 is 0. The quantitative estimate of drug-likeness (QED) is 0.859. The van der Waals surface area contributed by atoms with Gasteiger partial charge in [-0.15, -0.1) is 0 Å². The van der Waals surface area contributed by atoms with Gasteiger partial charge in [-0.1, -0.05) is 6.07 Å². The molecule has 0 fully saturated rings. The first-order chi connectivity index (χ1) is 8.77. The Kier molecular flexibility index (Phi) is 5.00. The largest absolute Gasteiger partial charge is 0.352 e. The number of amides is 1. The summed E-state index contributed by atoms with van der Waals surface area (Å²) in [4.78, 5) is 11.9. The molecule has 1 rings (SSSR count). The topological polar surface area (TPSA) is 41.1 Å². The van der Waals surface area contributed by atoms with Crippen molar-refractivity contribution in [2.24, 2.45) is 0 Å². The first-order valence-corrected chi connectivity index (χ1v) is 6.20. The van der Waals surface area contributed by atoms with Crippen molar-refractivity contribution in [3.8, 4) is 0 Å². The number of benzene rings is 1. The van der Waals surface area contributed by atoms with E-state index < -0.39 is 17.2 Å². The first-order valence-electron chi connectivity index (χ1n) is 6.20. The zero-order valence-corrected chi connectivity index (χ0v) is 11.7. The molecule has 0 bridgehead atoms. The van der Waals surface area contributed by atoms with Gasteiger partial charge in [0.1, 0.15) is 11.6 Å². The molecule has 0 aliphatic carbocycles. The Morgan fingerprint density at radius 3 is 2.32 bits per heavy atom. The zero-order valence-electron chi connectivity index (χ0n) is 11.7. The van der Waals surface area contributed by atoms with E-state index in [-0.39, 0.29) is 23.9 Å². The zero-order chi connectivity index (χ0) is 14.6. The van der Waals surface area contributed by atoms with Gasteiger partial charge in [0.15, 0.2) is 0 Å². The molecular formula is C14H20F2N2O. The van der Waals surface area contributed by atoms with Gasteiger partial charge in [0.05, 0.1) is 5.54 Å². The number of carbonyl (C=O) groups excluding carboxylic acids is 1. The monoisotopic (exact) mass is 270 g/mol. The van der Waals surface area contributed by atoms with Crippen LogP contribution < -0.4 is 10.6 Å². The Morgan fingerprint density at radius 2 is 1.84 bits per heavy atom. The third-order valence-corrected chi connectivity index (χ3v) is 3.14. The molecule has 1 aromatic rings. The molecule has 0 heterocycles. The van der Waals surface area contributed by atoms with E-state index in [2.05, 4.69) is 10.6 Å². The summed E-state index contributed by atoms with van der Waals surface area (Å²) in [5.74, 6) is -1.39. The highest BCUT2D eigenvalue weighted by atomic mass is 19.1. The third-order valence-electron chi connectivity index (χ3n) is 3.14. The van der Waals surface area contributed by atoms with Crippen LogP contribution in [0.4, 0.5) is 8.78 Å². The first kappa shape index (κ1) is 15.6. The Hall–Kier alpha value is -1.49. The van der Waals surface area contributed by atoms with Gasteiger partial charge in [-0.3, -0.25) is 4.79 Å². The minimum absolute atomic E-state index is 0.00226. The Bertz CT molecular complexity index is 441. The molecule has 2 N–H and O–H groups in total. The van der Waals surface area contributed by atoms with Crippen LogP contribution in [0, 0.1) is 11.6 Å². The van der Waals surface area contributed by atoms with Crippen molar-refractivity contribution in [3.05, 3.63) is 35.4 Å². The second-order valence-electron chi connectivity index (χ2n) is 5.15. The van der Waals surface area contributed by atoms with E-state index in [0.29, 0.717) is 0 Å². The molecular weight excluding hydrogens is 250 g/mol. The van der Waals surface area contributed by atoms with Crippen LogP contribution in [-0.2, 0) is 11.2 Å². The standard InChI is InChI=1S/C14H20F2N2O/c1-9(18-13(19)14(2,3)17-4)8-10-11(15)6-5-7-12(10)16/h5-7,9,17H,8H2,1-4H3,(H,18,19). The van der Waals surface area contributed by atoms with Crippen molar-refractivity contribution < 1.29 is 13.6 Å². The molecule has 1 aromatic carbocycles. The lowest BCUT2D eigenvalue weighted by atomic mass is 10.0. The highest BCUT2D eigenvalue weighted by Crippen LogP contribution is 2.14. The van der Waals surface area contributed by atoms with Gasteiger partial charge in [-0.25, -0.2) is 8.78 Å². The lowest BCUT2D eigenvalue weighted by Crippen LogP contribution is -2.53. The molecule has 0 saturated carbocycles. The number of likely N-dealkylation sites (N-methyl/N-ethyl adjacent to an activating group) is 1. The van der Waals surface area contributed by atoms with Crippen molar-refractivity contribution >= 4 is 5.91 Å². The van der Waals surface area contributed by atoms with Crippen LogP contribution in [0.25, 0.3) is 0 Å². The lowest BCUT2D eigenvalue weighted by Gasteiger charge is -2.25. The summed E-state index contributed by atoms with van der Waals surface area (Å²) in [6, 6.07) is 3.39. The summed E-state index contributed by atoms with van der Waals surface area (Å²) in [6.07, 6.45) is 0.115. The van der Waals surface area contributed by atoms with Gasteiger partial charge in [-0.2, -0.15) is 0 Å². The van der Waals surface area contributed by atoms with Crippen LogP contribution >= 0.6 is 0 Å². The summed E-state index contributed by atoms with van der Waals surface area (Å²) < 4.78 is 27.0. The number of halogens is 2. The predicted molar refractivity (Wildman–Crippen MR) is 70.8 cm³/mol. The minimum Gasteiger partial charge on any atom is -0.352 e. The van der Waals surface area contributed by atoms with Gasteiger partial charge < -0.3 is 10.6 Å². The van der Waals surface area contributed by atoms with E-state index in [1.54, 1.807) is 27.8 Å². The second-order valence-corrected chi connectivity index (χ2v) is 5.15. The van der Waals surface area contributed by atoms with E-state index in [1.165, 1.54) is 18.2 Å². The van der Waals surface area contributed by atoms with Crippen molar-refractivity contribution in [3.63, 3.8) is 0 Å². The normalized spacial score (nSPS) is 13.2. The van der Waals surface area contributed by atoms with E-state index in [1.807, 2.05) is 0 Å². The average Bonchev–Trinajstić information content (AvgIpc) is 2.34. The molecule has 0 spiro atoms. The van der Waals surface area contributed by atoms with Gasteiger partial charge in [-0.05, 0) is 46.4 Å². The van der Waals surface area contributed by atoms with Crippen molar-refractivity contribution in [2.45, 2.75) is 38.8 Å². The highest BCUT2D eigenvalue weighted by molar-refractivity contribution is 5.85. The Balaban J connectivity index is 2.71. The maximum absolute atomic E-state index is 13.5. The molecule has 106 valence electrons. The van der Waals surface area contributed by atoms with Crippen LogP contribution in [0.15, 0.2) is 18.2 Å². The van der Waals surface area contributed by atoms with Gasteiger partial charge >= 0.3 is 0 Å². The number of hydrogen-bond acceptors (Lipinski definition) is 2. The highest BCUT2D eigenvalue weighted by Gasteiger charge is 2.26. The predicted octanol–water partition coefficient (Wildman–Crippen LogP) is 2.01. The smallest absolute Gasteiger partial charge is 0.239 e. The SMILES string of the molecule is CNC(C)(C)C(=O)NC(C)Cc1c(F)cccc1F. The van der Waals surface area contributed by atoms with Crippen molar-refractivity contribution in [2.75, 3.05) is 7.05 Å². The van der Waals surface area contributed by atoms with E-state index in [0.717, 1.165) is 0 Å². The van der Waals surface area contributed by atoms with Crippen LogP contribution in [0.2, 0.25) is 0 Å². The molecule has 0 aromatic heterocycles. The molecule has 0 saturated heterocycles. The van der Waals surface area contributed by atoms with Gasteiger partial charge in [0.25, 0.3) is 0 Å². The summed E-state index contributed by atoms with van der Waals surface area (Å²) in [6.45, 7) is 5.19. The maximum atomic E-state index is 13.5. The number of rotatable bonds is 5. The fourth-order valence-electron chi connectivity index (χ4n) is 1.60. The fourth-order valence-corrected chi connectivity index (χ4v) is 1.60. The van der Waals surface area contributed by atoms with Crippen LogP contribution in [-0.4, -0.2) is 24.5 Å². The third kappa shape index (κ3) is 3.99. The molecule has 1 atom stereocenters. The fraction of sp³-hybridized carbons (Fsp3) is 0.500. The average molecular weight is 270 g/mol. The second kappa shape index (κ2) is 6.10. The molecule has 19 heavy (non-hydrogen) atoms. The minimum atomic E-state index is -0.720. The molecule has 0 aliphatic rings. The Morgan fingerprint density at radius 1 is 1.32 bits per heavy atom. The van der Waals surface area contributed by atoms with Crippen LogP contribution in [0.3, 0.4) is 0 Å². The number of carbonyl (C=O) groups is 1. The summed E-state index contributed by atoms with van der Waals surface area (Å²) in [5.41, 5.74) is -0.722. The molecule has 1 amide bonds. The lowest BCUT2D eigenvalue weighted by molar-refractivity contribution is -0.126. The van der Waals surface area contributed by atoms with E-state index in [9.17, 15) is 13.6 Å². The number of nitrogens with one attached hydrogen (secondary N) is 2. The molecule has 0 radical (unpaired) electrons. The summed E-state index contributed by atoms with van der Waals surface area (Å²) in [7, 11) is 1.68.